The fourth-order valence-corrected chi connectivity index (χ4v) is 1.59. The van der Waals surface area contributed by atoms with E-state index >= 15 is 0 Å². The second kappa shape index (κ2) is 4.41. The lowest BCUT2D eigenvalue weighted by atomic mass is 10.1. The molecular formula is C12H9ClN2O. The Labute approximate surface area is 98.1 Å². The van der Waals surface area contributed by atoms with E-state index in [0.717, 1.165) is 5.56 Å². The van der Waals surface area contributed by atoms with Crippen molar-refractivity contribution >= 4 is 17.4 Å². The van der Waals surface area contributed by atoms with Crippen LogP contribution in [0.3, 0.4) is 0 Å². The van der Waals surface area contributed by atoms with Crippen LogP contribution in [0.15, 0.2) is 36.8 Å². The molecule has 0 amide bonds. The molecule has 0 aliphatic heterocycles. The number of nitrogens with zero attached hydrogens (tertiary/aromatic N) is 2. The molecule has 2 rings (SSSR count). The van der Waals surface area contributed by atoms with Crippen LogP contribution in [-0.2, 0) is 0 Å². The van der Waals surface area contributed by atoms with E-state index in [0.29, 0.717) is 16.3 Å². The van der Waals surface area contributed by atoms with Crippen molar-refractivity contribution in [2.75, 3.05) is 0 Å². The van der Waals surface area contributed by atoms with Crippen molar-refractivity contribution in [3.63, 3.8) is 0 Å². The van der Waals surface area contributed by atoms with Gasteiger partial charge in [0.15, 0.2) is 0 Å². The van der Waals surface area contributed by atoms with Gasteiger partial charge in [0, 0.05) is 18.0 Å². The lowest BCUT2D eigenvalue weighted by Crippen LogP contribution is -2.05. The summed E-state index contributed by atoms with van der Waals surface area (Å²) < 4.78 is 0. The van der Waals surface area contributed by atoms with Crippen molar-refractivity contribution in [3.05, 3.63) is 58.6 Å². The van der Waals surface area contributed by atoms with Crippen molar-refractivity contribution in [3.8, 4) is 0 Å². The van der Waals surface area contributed by atoms with Crippen molar-refractivity contribution in [1.29, 1.82) is 0 Å². The monoisotopic (exact) mass is 232 g/mol. The van der Waals surface area contributed by atoms with Gasteiger partial charge in [0.2, 0.25) is 5.78 Å². The van der Waals surface area contributed by atoms with Gasteiger partial charge in [0.1, 0.15) is 5.69 Å². The molecule has 1 aromatic heterocycles. The quantitative estimate of drug-likeness (QED) is 0.748. The third-order valence-electron chi connectivity index (χ3n) is 2.23. The summed E-state index contributed by atoms with van der Waals surface area (Å²) >= 11 is 6.07. The van der Waals surface area contributed by atoms with Gasteiger partial charge < -0.3 is 0 Å². The smallest absolute Gasteiger partial charge is 0.214 e. The molecule has 0 aliphatic carbocycles. The Morgan fingerprint density at radius 2 is 2.12 bits per heavy atom. The van der Waals surface area contributed by atoms with E-state index < -0.39 is 0 Å². The van der Waals surface area contributed by atoms with Crippen LogP contribution >= 0.6 is 11.6 Å². The number of rotatable bonds is 2. The Morgan fingerprint density at radius 1 is 1.31 bits per heavy atom. The van der Waals surface area contributed by atoms with Crippen molar-refractivity contribution < 1.29 is 4.79 Å². The molecule has 0 bridgehead atoms. The molecule has 16 heavy (non-hydrogen) atoms. The van der Waals surface area contributed by atoms with E-state index in [4.69, 9.17) is 11.6 Å². The summed E-state index contributed by atoms with van der Waals surface area (Å²) in [6.45, 7) is 1.86. The predicted octanol–water partition coefficient (Wildman–Crippen LogP) is 2.67. The summed E-state index contributed by atoms with van der Waals surface area (Å²) in [6, 6.07) is 5.34. The van der Waals surface area contributed by atoms with Gasteiger partial charge in [-0.3, -0.25) is 9.78 Å². The number of hydrogen-bond donors (Lipinski definition) is 0. The number of halogens is 1. The van der Waals surface area contributed by atoms with E-state index in [9.17, 15) is 4.79 Å². The van der Waals surface area contributed by atoms with Crippen molar-refractivity contribution in [2.24, 2.45) is 0 Å². The molecule has 0 radical (unpaired) electrons. The largest absolute Gasteiger partial charge is 0.287 e. The first-order valence-corrected chi connectivity index (χ1v) is 5.14. The zero-order valence-electron chi connectivity index (χ0n) is 8.64. The Kier molecular flexibility index (Phi) is 2.97. The van der Waals surface area contributed by atoms with Gasteiger partial charge >= 0.3 is 0 Å². The zero-order chi connectivity index (χ0) is 11.5. The minimum Gasteiger partial charge on any atom is -0.287 e. The van der Waals surface area contributed by atoms with E-state index in [1.807, 2.05) is 13.0 Å². The molecule has 2 aromatic rings. The molecule has 0 spiro atoms. The normalized spacial score (nSPS) is 10.1. The maximum absolute atomic E-state index is 12.0. The number of ketones is 1. The number of carbonyl (C=O) groups excluding carboxylic acids is 1. The van der Waals surface area contributed by atoms with Gasteiger partial charge in [-0.1, -0.05) is 23.7 Å². The predicted molar refractivity (Wildman–Crippen MR) is 61.7 cm³/mol. The maximum Gasteiger partial charge on any atom is 0.214 e. The van der Waals surface area contributed by atoms with Crippen LogP contribution in [0.25, 0.3) is 0 Å². The summed E-state index contributed by atoms with van der Waals surface area (Å²) in [6.07, 6.45) is 4.44. The average Bonchev–Trinajstić information content (AvgIpc) is 2.33. The Balaban J connectivity index is 2.46. The first-order chi connectivity index (χ1) is 7.70. The fourth-order valence-electron chi connectivity index (χ4n) is 1.38. The molecule has 0 unspecified atom stereocenters. The van der Waals surface area contributed by atoms with E-state index in [-0.39, 0.29) is 5.78 Å². The summed E-state index contributed by atoms with van der Waals surface area (Å²) in [5, 5.41) is 0.471. The molecular weight excluding hydrogens is 224 g/mol. The third kappa shape index (κ3) is 1.95. The van der Waals surface area contributed by atoms with Crippen LogP contribution < -0.4 is 0 Å². The van der Waals surface area contributed by atoms with Crippen LogP contribution in [0.4, 0.5) is 0 Å². The third-order valence-corrected chi connectivity index (χ3v) is 2.73. The molecule has 0 fully saturated rings. The first kappa shape index (κ1) is 10.8. The summed E-state index contributed by atoms with van der Waals surface area (Å²) in [7, 11) is 0. The molecule has 80 valence electrons. The minimum atomic E-state index is -0.207. The molecule has 0 atom stereocenters. The van der Waals surface area contributed by atoms with Gasteiger partial charge in [-0.2, -0.15) is 0 Å². The first-order valence-electron chi connectivity index (χ1n) is 4.76. The topological polar surface area (TPSA) is 42.9 Å². The Hall–Kier alpha value is -1.74. The lowest BCUT2D eigenvalue weighted by Gasteiger charge is -2.04. The number of benzene rings is 1. The molecule has 4 heteroatoms. The summed E-state index contributed by atoms with van der Waals surface area (Å²) in [5.41, 5.74) is 1.63. The second-order valence-electron chi connectivity index (χ2n) is 3.36. The van der Waals surface area contributed by atoms with Gasteiger partial charge in [-0.25, -0.2) is 4.98 Å². The van der Waals surface area contributed by atoms with Gasteiger partial charge in [-0.05, 0) is 18.6 Å². The van der Waals surface area contributed by atoms with Crippen LogP contribution in [-0.4, -0.2) is 15.8 Å². The highest BCUT2D eigenvalue weighted by Crippen LogP contribution is 2.22. The van der Waals surface area contributed by atoms with Crippen LogP contribution in [0.5, 0.6) is 0 Å². The molecule has 1 heterocycles. The fraction of sp³-hybridized carbons (Fsp3) is 0.0833. The number of aromatic nitrogens is 2. The van der Waals surface area contributed by atoms with Crippen LogP contribution in [0, 0.1) is 6.92 Å². The standard InChI is InChI=1S/C12H9ClN2O/c1-8-3-2-4-9(11(8)13)12(16)10-7-14-5-6-15-10/h2-7H,1H3. The summed E-state index contributed by atoms with van der Waals surface area (Å²) in [4.78, 5) is 19.8. The molecule has 0 aliphatic rings. The minimum absolute atomic E-state index is 0.207. The number of hydrogen-bond acceptors (Lipinski definition) is 3. The number of carbonyl (C=O) groups is 1. The highest BCUT2D eigenvalue weighted by Gasteiger charge is 2.14. The molecule has 0 saturated carbocycles. The molecule has 0 saturated heterocycles. The lowest BCUT2D eigenvalue weighted by molar-refractivity contribution is 0.103. The van der Waals surface area contributed by atoms with Crippen molar-refractivity contribution in [2.45, 2.75) is 6.92 Å². The van der Waals surface area contributed by atoms with Gasteiger partial charge in [-0.15, -0.1) is 0 Å². The molecule has 3 nitrogen and oxygen atoms in total. The SMILES string of the molecule is Cc1cccc(C(=O)c2cnccn2)c1Cl. The van der Waals surface area contributed by atoms with Crippen molar-refractivity contribution in [1.82, 2.24) is 9.97 Å². The van der Waals surface area contributed by atoms with Crippen LogP contribution in [0.1, 0.15) is 21.6 Å². The number of aryl methyl sites for hydroxylation is 1. The average molecular weight is 233 g/mol. The summed E-state index contributed by atoms with van der Waals surface area (Å²) in [5.74, 6) is -0.207. The maximum atomic E-state index is 12.0. The Bertz CT molecular complexity index is 526. The van der Waals surface area contributed by atoms with E-state index in [1.54, 1.807) is 12.1 Å². The second-order valence-corrected chi connectivity index (χ2v) is 3.73. The van der Waals surface area contributed by atoms with E-state index in [2.05, 4.69) is 9.97 Å². The highest BCUT2D eigenvalue weighted by atomic mass is 35.5. The van der Waals surface area contributed by atoms with E-state index in [1.165, 1.54) is 18.6 Å². The highest BCUT2D eigenvalue weighted by molar-refractivity contribution is 6.35. The molecule has 0 N–H and O–H groups in total. The molecule has 1 aromatic carbocycles. The zero-order valence-corrected chi connectivity index (χ0v) is 9.40. The van der Waals surface area contributed by atoms with Gasteiger partial charge in [0.05, 0.1) is 11.2 Å². The van der Waals surface area contributed by atoms with Crippen LogP contribution in [0.2, 0.25) is 5.02 Å². The Morgan fingerprint density at radius 3 is 2.81 bits per heavy atom. The van der Waals surface area contributed by atoms with Gasteiger partial charge in [0.25, 0.3) is 0 Å².